The fourth-order valence-corrected chi connectivity index (χ4v) is 4.02. The van der Waals surface area contributed by atoms with Crippen molar-refractivity contribution in [1.29, 1.82) is 0 Å². The Morgan fingerprint density at radius 3 is 2.39 bits per heavy atom. The van der Waals surface area contributed by atoms with Gasteiger partial charge in [0.1, 0.15) is 11.5 Å². The molecule has 3 aromatic carbocycles. The van der Waals surface area contributed by atoms with Crippen molar-refractivity contribution in [1.82, 2.24) is 10.2 Å². The standard InChI is InChI=1S/C24H25BrN2O/c25-21-12-10-19(11-13-21)24(27-16-5-14-26-15-17-27)20-6-4-9-23(18-20)28-22-7-2-1-3-8-22/h1-4,6-13,18,24,26H,5,14-17H2. The van der Waals surface area contributed by atoms with Crippen molar-refractivity contribution in [2.45, 2.75) is 12.5 Å². The molecular formula is C24H25BrN2O. The third-order valence-electron chi connectivity index (χ3n) is 5.08. The average Bonchev–Trinajstić information content (AvgIpc) is 3.00. The number of halogens is 1. The van der Waals surface area contributed by atoms with Crippen LogP contribution in [0.1, 0.15) is 23.6 Å². The Kier molecular flexibility index (Phi) is 6.42. The quantitative estimate of drug-likeness (QED) is 0.560. The Bertz CT molecular complexity index is 875. The van der Waals surface area contributed by atoms with E-state index in [2.05, 4.69) is 68.6 Å². The summed E-state index contributed by atoms with van der Waals surface area (Å²) in [6, 6.07) is 27.4. The summed E-state index contributed by atoms with van der Waals surface area (Å²) in [6.07, 6.45) is 1.16. The van der Waals surface area contributed by atoms with Crippen LogP contribution in [0.25, 0.3) is 0 Å². The number of hydrogen-bond acceptors (Lipinski definition) is 3. The van der Waals surface area contributed by atoms with Crippen LogP contribution in [0.3, 0.4) is 0 Å². The van der Waals surface area contributed by atoms with Crippen molar-refractivity contribution in [3.63, 3.8) is 0 Å². The molecule has 1 atom stereocenters. The molecule has 3 aromatic rings. The summed E-state index contributed by atoms with van der Waals surface area (Å²) in [5, 5.41) is 3.51. The van der Waals surface area contributed by atoms with Crippen LogP contribution in [-0.4, -0.2) is 31.1 Å². The van der Waals surface area contributed by atoms with Crippen LogP contribution < -0.4 is 10.1 Å². The second kappa shape index (κ2) is 9.37. The molecule has 1 N–H and O–H groups in total. The van der Waals surface area contributed by atoms with Crippen molar-refractivity contribution in [3.05, 3.63) is 94.5 Å². The first-order valence-corrected chi connectivity index (χ1v) is 10.6. The number of hydrogen-bond donors (Lipinski definition) is 1. The molecule has 1 heterocycles. The molecule has 1 unspecified atom stereocenters. The predicted molar refractivity (Wildman–Crippen MR) is 118 cm³/mol. The lowest BCUT2D eigenvalue weighted by Crippen LogP contribution is -2.33. The van der Waals surface area contributed by atoms with Crippen LogP contribution in [0, 0.1) is 0 Å². The van der Waals surface area contributed by atoms with Gasteiger partial charge in [-0.2, -0.15) is 0 Å². The molecule has 3 nitrogen and oxygen atoms in total. The lowest BCUT2D eigenvalue weighted by Gasteiger charge is -2.31. The van der Waals surface area contributed by atoms with Gasteiger partial charge in [0.2, 0.25) is 0 Å². The fraction of sp³-hybridized carbons (Fsp3) is 0.250. The smallest absolute Gasteiger partial charge is 0.127 e. The van der Waals surface area contributed by atoms with Crippen molar-refractivity contribution < 1.29 is 4.74 Å². The molecule has 144 valence electrons. The molecule has 0 bridgehead atoms. The highest BCUT2D eigenvalue weighted by atomic mass is 79.9. The summed E-state index contributed by atoms with van der Waals surface area (Å²) >= 11 is 3.56. The van der Waals surface area contributed by atoms with Gasteiger partial charge in [0.25, 0.3) is 0 Å². The Morgan fingerprint density at radius 1 is 0.786 bits per heavy atom. The number of rotatable bonds is 5. The van der Waals surface area contributed by atoms with E-state index in [1.54, 1.807) is 0 Å². The monoisotopic (exact) mass is 436 g/mol. The van der Waals surface area contributed by atoms with Gasteiger partial charge in [-0.3, -0.25) is 4.90 Å². The molecule has 0 radical (unpaired) electrons. The molecule has 0 aliphatic carbocycles. The Hall–Kier alpha value is -2.14. The molecule has 0 saturated carbocycles. The van der Waals surface area contributed by atoms with Gasteiger partial charge in [0.05, 0.1) is 6.04 Å². The minimum absolute atomic E-state index is 0.215. The lowest BCUT2D eigenvalue weighted by atomic mass is 9.96. The van der Waals surface area contributed by atoms with E-state index < -0.39 is 0 Å². The number of benzene rings is 3. The maximum absolute atomic E-state index is 6.10. The van der Waals surface area contributed by atoms with Gasteiger partial charge in [0.15, 0.2) is 0 Å². The summed E-state index contributed by atoms with van der Waals surface area (Å²) in [5.74, 6) is 1.73. The van der Waals surface area contributed by atoms with Gasteiger partial charge < -0.3 is 10.1 Å². The van der Waals surface area contributed by atoms with Crippen LogP contribution in [0.4, 0.5) is 0 Å². The summed E-state index contributed by atoms with van der Waals surface area (Å²) < 4.78 is 7.20. The van der Waals surface area contributed by atoms with E-state index in [0.717, 1.165) is 48.6 Å². The minimum atomic E-state index is 0.215. The van der Waals surface area contributed by atoms with Crippen LogP contribution in [0.15, 0.2) is 83.3 Å². The van der Waals surface area contributed by atoms with E-state index in [-0.39, 0.29) is 6.04 Å². The molecule has 4 rings (SSSR count). The summed E-state index contributed by atoms with van der Waals surface area (Å²) in [6.45, 7) is 4.22. The highest BCUT2D eigenvalue weighted by Crippen LogP contribution is 2.33. The van der Waals surface area contributed by atoms with Gasteiger partial charge in [-0.15, -0.1) is 0 Å². The van der Waals surface area contributed by atoms with Crippen LogP contribution in [-0.2, 0) is 0 Å². The molecule has 0 spiro atoms. The topological polar surface area (TPSA) is 24.5 Å². The van der Waals surface area contributed by atoms with Gasteiger partial charge in [0, 0.05) is 24.1 Å². The second-order valence-corrected chi connectivity index (χ2v) is 8.00. The molecule has 0 aromatic heterocycles. The Morgan fingerprint density at radius 2 is 1.57 bits per heavy atom. The third-order valence-corrected chi connectivity index (χ3v) is 5.61. The van der Waals surface area contributed by atoms with E-state index in [1.165, 1.54) is 11.1 Å². The van der Waals surface area contributed by atoms with Gasteiger partial charge in [-0.1, -0.05) is 58.4 Å². The molecule has 28 heavy (non-hydrogen) atoms. The number of nitrogens with zero attached hydrogens (tertiary/aromatic N) is 1. The average molecular weight is 437 g/mol. The highest BCUT2D eigenvalue weighted by Gasteiger charge is 2.23. The van der Waals surface area contributed by atoms with E-state index >= 15 is 0 Å². The maximum Gasteiger partial charge on any atom is 0.127 e. The van der Waals surface area contributed by atoms with Crippen molar-refractivity contribution in [2.75, 3.05) is 26.2 Å². The van der Waals surface area contributed by atoms with Crippen LogP contribution >= 0.6 is 15.9 Å². The summed E-state index contributed by atoms with van der Waals surface area (Å²) in [5.41, 5.74) is 2.57. The molecular weight excluding hydrogens is 412 g/mol. The summed E-state index contributed by atoms with van der Waals surface area (Å²) in [4.78, 5) is 2.57. The van der Waals surface area contributed by atoms with Gasteiger partial charge in [-0.05, 0) is 60.5 Å². The van der Waals surface area contributed by atoms with E-state index in [4.69, 9.17) is 4.74 Å². The van der Waals surface area contributed by atoms with Crippen LogP contribution in [0.5, 0.6) is 11.5 Å². The predicted octanol–water partition coefficient (Wildman–Crippen LogP) is 5.63. The zero-order valence-electron chi connectivity index (χ0n) is 15.9. The number of ether oxygens (including phenoxy) is 1. The molecule has 1 fully saturated rings. The number of para-hydroxylation sites is 1. The van der Waals surface area contributed by atoms with Crippen LogP contribution in [0.2, 0.25) is 0 Å². The zero-order chi connectivity index (χ0) is 19.2. The number of nitrogens with one attached hydrogen (secondary N) is 1. The minimum Gasteiger partial charge on any atom is -0.457 e. The maximum atomic E-state index is 6.10. The molecule has 1 saturated heterocycles. The van der Waals surface area contributed by atoms with E-state index in [0.29, 0.717) is 0 Å². The van der Waals surface area contributed by atoms with Gasteiger partial charge in [-0.25, -0.2) is 0 Å². The highest BCUT2D eigenvalue weighted by molar-refractivity contribution is 9.10. The molecule has 1 aliphatic rings. The molecule has 4 heteroatoms. The Labute approximate surface area is 175 Å². The zero-order valence-corrected chi connectivity index (χ0v) is 17.4. The first-order chi connectivity index (χ1) is 13.8. The van der Waals surface area contributed by atoms with Crippen molar-refractivity contribution in [3.8, 4) is 11.5 Å². The normalized spacial score (nSPS) is 16.3. The van der Waals surface area contributed by atoms with Gasteiger partial charge >= 0.3 is 0 Å². The Balaban J connectivity index is 1.67. The summed E-state index contributed by atoms with van der Waals surface area (Å²) in [7, 11) is 0. The second-order valence-electron chi connectivity index (χ2n) is 7.08. The first-order valence-electron chi connectivity index (χ1n) is 9.83. The lowest BCUT2D eigenvalue weighted by molar-refractivity contribution is 0.241. The molecule has 0 amide bonds. The largest absolute Gasteiger partial charge is 0.457 e. The van der Waals surface area contributed by atoms with E-state index in [1.807, 2.05) is 36.4 Å². The van der Waals surface area contributed by atoms with E-state index in [9.17, 15) is 0 Å². The molecule has 1 aliphatic heterocycles. The van der Waals surface area contributed by atoms with Crippen molar-refractivity contribution in [2.24, 2.45) is 0 Å². The fourth-order valence-electron chi connectivity index (χ4n) is 3.76. The SMILES string of the molecule is Brc1ccc(C(c2cccc(Oc3ccccc3)c2)N2CCCNCC2)cc1. The van der Waals surface area contributed by atoms with Crippen molar-refractivity contribution >= 4 is 15.9 Å². The third kappa shape index (κ3) is 4.82. The first kappa shape index (κ1) is 19.2.